The van der Waals surface area contributed by atoms with E-state index in [0.29, 0.717) is 21.8 Å². The Morgan fingerprint density at radius 1 is 0.900 bits per heavy atom. The van der Waals surface area contributed by atoms with Crippen LogP contribution in [0.1, 0.15) is 20.7 Å². The summed E-state index contributed by atoms with van der Waals surface area (Å²) in [6, 6.07) is 13.0. The molecule has 0 atom stereocenters. The third kappa shape index (κ3) is 3.27. The fraction of sp³-hybridized carbons (Fsp3) is 0. The van der Waals surface area contributed by atoms with E-state index in [4.69, 9.17) is 17.3 Å². The van der Waals surface area contributed by atoms with Crippen LogP contribution in [0.25, 0.3) is 0 Å². The van der Waals surface area contributed by atoms with E-state index in [2.05, 4.69) is 10.9 Å². The first-order valence-corrected chi connectivity index (χ1v) is 6.16. The van der Waals surface area contributed by atoms with Crippen LogP contribution in [-0.4, -0.2) is 11.8 Å². The summed E-state index contributed by atoms with van der Waals surface area (Å²) in [5.41, 5.74) is 11.3. The summed E-state index contributed by atoms with van der Waals surface area (Å²) in [6.07, 6.45) is 0. The number of anilines is 1. The van der Waals surface area contributed by atoms with Crippen molar-refractivity contribution in [2.75, 3.05) is 5.73 Å². The first-order chi connectivity index (χ1) is 9.58. The van der Waals surface area contributed by atoms with E-state index in [1.54, 1.807) is 30.3 Å². The predicted molar refractivity (Wildman–Crippen MR) is 77.2 cm³/mol. The first kappa shape index (κ1) is 13.9. The van der Waals surface area contributed by atoms with Crippen molar-refractivity contribution in [1.82, 2.24) is 10.9 Å². The third-order valence-electron chi connectivity index (χ3n) is 2.58. The molecule has 0 bridgehead atoms. The molecule has 0 spiro atoms. The number of hydrazine groups is 1. The zero-order chi connectivity index (χ0) is 14.5. The number of nitrogens with two attached hydrogens (primary N) is 1. The van der Waals surface area contributed by atoms with Crippen molar-refractivity contribution in [2.24, 2.45) is 0 Å². The molecule has 2 amide bonds. The molecule has 102 valence electrons. The van der Waals surface area contributed by atoms with Gasteiger partial charge in [0.15, 0.2) is 0 Å². The van der Waals surface area contributed by atoms with Crippen LogP contribution in [0.3, 0.4) is 0 Å². The van der Waals surface area contributed by atoms with Crippen molar-refractivity contribution < 1.29 is 9.59 Å². The average Bonchev–Trinajstić information content (AvgIpc) is 2.48. The molecule has 0 aliphatic carbocycles. The summed E-state index contributed by atoms with van der Waals surface area (Å²) in [6.45, 7) is 0. The Kier molecular flexibility index (Phi) is 4.22. The molecule has 0 aliphatic rings. The van der Waals surface area contributed by atoms with Crippen LogP contribution < -0.4 is 16.6 Å². The fourth-order valence-corrected chi connectivity index (χ4v) is 1.65. The van der Waals surface area contributed by atoms with Gasteiger partial charge in [-0.25, -0.2) is 0 Å². The summed E-state index contributed by atoms with van der Waals surface area (Å²) >= 11 is 5.77. The zero-order valence-corrected chi connectivity index (χ0v) is 11.1. The highest BCUT2D eigenvalue weighted by molar-refractivity contribution is 6.33. The molecule has 4 N–H and O–H groups in total. The summed E-state index contributed by atoms with van der Waals surface area (Å²) in [5.74, 6) is -0.876. The van der Waals surface area contributed by atoms with E-state index in [-0.39, 0.29) is 0 Å². The second-order valence-corrected chi connectivity index (χ2v) is 4.42. The first-order valence-electron chi connectivity index (χ1n) is 5.78. The number of halogens is 1. The molecule has 0 aliphatic heterocycles. The second kappa shape index (κ2) is 6.08. The van der Waals surface area contributed by atoms with Gasteiger partial charge >= 0.3 is 0 Å². The molecule has 20 heavy (non-hydrogen) atoms. The Bertz CT molecular complexity index is 644. The number of carbonyl (C=O) groups is 2. The monoisotopic (exact) mass is 289 g/mol. The van der Waals surface area contributed by atoms with Gasteiger partial charge in [-0.2, -0.15) is 0 Å². The zero-order valence-electron chi connectivity index (χ0n) is 10.4. The summed E-state index contributed by atoms with van der Waals surface area (Å²) < 4.78 is 0. The SMILES string of the molecule is Nc1cc(C(=O)NNC(=O)c2ccccc2)ccc1Cl. The lowest BCUT2D eigenvalue weighted by Gasteiger charge is -2.08. The Balaban J connectivity index is 1.98. The number of hydrogen-bond acceptors (Lipinski definition) is 3. The van der Waals surface area contributed by atoms with Crippen LogP contribution in [0, 0.1) is 0 Å². The Morgan fingerprint density at radius 3 is 2.10 bits per heavy atom. The van der Waals surface area contributed by atoms with Crippen molar-refractivity contribution in [2.45, 2.75) is 0 Å². The maximum atomic E-state index is 11.8. The molecule has 6 heteroatoms. The van der Waals surface area contributed by atoms with Crippen LogP contribution in [0.4, 0.5) is 5.69 Å². The minimum Gasteiger partial charge on any atom is -0.398 e. The lowest BCUT2D eigenvalue weighted by molar-refractivity contribution is 0.0846. The molecule has 0 saturated carbocycles. The van der Waals surface area contributed by atoms with Crippen molar-refractivity contribution >= 4 is 29.1 Å². The van der Waals surface area contributed by atoms with Gasteiger partial charge in [0.05, 0.1) is 10.7 Å². The molecular weight excluding hydrogens is 278 g/mol. The molecule has 0 fully saturated rings. The van der Waals surface area contributed by atoms with E-state index in [1.807, 2.05) is 0 Å². The topological polar surface area (TPSA) is 84.2 Å². The standard InChI is InChI=1S/C14H12ClN3O2/c15-11-7-6-10(8-12(11)16)14(20)18-17-13(19)9-4-2-1-3-5-9/h1-8H,16H2,(H,17,19)(H,18,20). The number of amides is 2. The van der Waals surface area contributed by atoms with E-state index in [9.17, 15) is 9.59 Å². The van der Waals surface area contributed by atoms with Crippen LogP contribution in [0.5, 0.6) is 0 Å². The van der Waals surface area contributed by atoms with Gasteiger partial charge in [-0.15, -0.1) is 0 Å². The third-order valence-corrected chi connectivity index (χ3v) is 2.93. The van der Waals surface area contributed by atoms with E-state index < -0.39 is 11.8 Å². The lowest BCUT2D eigenvalue weighted by Crippen LogP contribution is -2.41. The van der Waals surface area contributed by atoms with Crippen LogP contribution in [0.2, 0.25) is 5.02 Å². The minimum atomic E-state index is -0.474. The number of hydrogen-bond donors (Lipinski definition) is 3. The number of nitrogen functional groups attached to an aromatic ring is 1. The number of benzene rings is 2. The molecule has 2 aromatic rings. The number of nitrogens with one attached hydrogen (secondary N) is 2. The van der Waals surface area contributed by atoms with Gasteiger partial charge in [0.1, 0.15) is 0 Å². The van der Waals surface area contributed by atoms with Crippen LogP contribution in [0.15, 0.2) is 48.5 Å². The van der Waals surface area contributed by atoms with Gasteiger partial charge in [0.2, 0.25) is 0 Å². The minimum absolute atomic E-state index is 0.300. The average molecular weight is 290 g/mol. The molecule has 0 radical (unpaired) electrons. The molecule has 0 heterocycles. The maximum absolute atomic E-state index is 11.8. The van der Waals surface area contributed by atoms with E-state index in [0.717, 1.165) is 0 Å². The van der Waals surface area contributed by atoms with Gasteiger partial charge in [0.25, 0.3) is 11.8 Å². The van der Waals surface area contributed by atoms with E-state index >= 15 is 0 Å². The van der Waals surface area contributed by atoms with Gasteiger partial charge in [0, 0.05) is 11.1 Å². The Morgan fingerprint density at radius 2 is 1.50 bits per heavy atom. The molecule has 0 aromatic heterocycles. The molecule has 0 saturated heterocycles. The van der Waals surface area contributed by atoms with Gasteiger partial charge < -0.3 is 5.73 Å². The van der Waals surface area contributed by atoms with Crippen LogP contribution in [-0.2, 0) is 0 Å². The Hall–Kier alpha value is -2.53. The number of carbonyl (C=O) groups excluding carboxylic acids is 2. The van der Waals surface area contributed by atoms with E-state index in [1.165, 1.54) is 18.2 Å². The highest BCUT2D eigenvalue weighted by Gasteiger charge is 2.09. The summed E-state index contributed by atoms with van der Waals surface area (Å²) in [5, 5.41) is 0.370. The van der Waals surface area contributed by atoms with Crippen molar-refractivity contribution in [1.29, 1.82) is 0 Å². The maximum Gasteiger partial charge on any atom is 0.269 e. The summed E-state index contributed by atoms with van der Waals surface area (Å²) in [7, 11) is 0. The van der Waals surface area contributed by atoms with Gasteiger partial charge in [-0.05, 0) is 30.3 Å². The van der Waals surface area contributed by atoms with Crippen molar-refractivity contribution in [3.63, 3.8) is 0 Å². The molecule has 2 aromatic carbocycles. The van der Waals surface area contributed by atoms with Crippen LogP contribution >= 0.6 is 11.6 Å². The van der Waals surface area contributed by atoms with Crippen molar-refractivity contribution in [3.8, 4) is 0 Å². The predicted octanol–water partition coefficient (Wildman–Crippen LogP) is 2.00. The quantitative estimate of drug-likeness (QED) is 0.584. The molecule has 2 rings (SSSR count). The number of rotatable bonds is 2. The largest absolute Gasteiger partial charge is 0.398 e. The van der Waals surface area contributed by atoms with Gasteiger partial charge in [-0.1, -0.05) is 29.8 Å². The molecular formula is C14H12ClN3O2. The van der Waals surface area contributed by atoms with Gasteiger partial charge in [-0.3, -0.25) is 20.4 Å². The fourth-order valence-electron chi connectivity index (χ4n) is 1.53. The Labute approximate surface area is 120 Å². The molecule has 0 unspecified atom stereocenters. The second-order valence-electron chi connectivity index (χ2n) is 4.01. The van der Waals surface area contributed by atoms with Crippen molar-refractivity contribution in [3.05, 3.63) is 64.7 Å². The molecule has 5 nitrogen and oxygen atoms in total. The highest BCUT2D eigenvalue weighted by Crippen LogP contribution is 2.19. The normalized spacial score (nSPS) is 9.85. The highest BCUT2D eigenvalue weighted by atomic mass is 35.5. The smallest absolute Gasteiger partial charge is 0.269 e. The summed E-state index contributed by atoms with van der Waals surface area (Å²) in [4.78, 5) is 23.5. The lowest BCUT2D eigenvalue weighted by atomic mass is 10.2.